The number of hydrogen-bond acceptors (Lipinski definition) is 6. The van der Waals surface area contributed by atoms with Gasteiger partial charge in [0, 0.05) is 24.4 Å². The highest BCUT2D eigenvalue weighted by atomic mass is 32.2. The molecule has 3 heterocycles. The lowest BCUT2D eigenvalue weighted by Crippen LogP contribution is -2.49. The summed E-state index contributed by atoms with van der Waals surface area (Å²) in [5, 5.41) is 13.5. The molecule has 2 N–H and O–H groups in total. The Morgan fingerprint density at radius 3 is 2.67 bits per heavy atom. The first-order valence-electron chi connectivity index (χ1n) is 11.8. The minimum absolute atomic E-state index is 0.0587. The van der Waals surface area contributed by atoms with Gasteiger partial charge in [0.15, 0.2) is 0 Å². The molecule has 2 aliphatic heterocycles. The molecule has 33 heavy (non-hydrogen) atoms. The fourth-order valence-electron chi connectivity index (χ4n) is 4.88. The minimum atomic E-state index is -1.10. The predicted molar refractivity (Wildman–Crippen MR) is 133 cm³/mol. The summed E-state index contributed by atoms with van der Waals surface area (Å²) in [6.07, 6.45) is 14.2. The molecular weight excluding hydrogens is 432 g/mol. The van der Waals surface area contributed by atoms with E-state index in [2.05, 4.69) is 34.3 Å². The molecule has 2 aromatic rings. The van der Waals surface area contributed by atoms with Crippen LogP contribution >= 0.6 is 0 Å². The van der Waals surface area contributed by atoms with Crippen LogP contribution in [0.3, 0.4) is 0 Å². The van der Waals surface area contributed by atoms with Crippen molar-refractivity contribution in [1.82, 2.24) is 9.97 Å². The standard InChI is InChI=1S/C26H30N4O2S/c1-2-19-8-10-21(11-9-19)20-6-3-15-30(16-12-20)25-27-22-7-4-17-33(32)23(22)24(28-25)29-26(18-31)13-5-14-26/h1,6,8-11,31H,3-5,7,12-18H2,(H,27,28,29). The average Bonchev–Trinajstić information content (AvgIpc) is 3.08. The third kappa shape index (κ3) is 4.42. The number of benzene rings is 1. The van der Waals surface area contributed by atoms with Crippen molar-refractivity contribution in [1.29, 1.82) is 0 Å². The Labute approximate surface area is 198 Å². The first-order chi connectivity index (χ1) is 16.1. The molecule has 6 nitrogen and oxygen atoms in total. The first-order valence-corrected chi connectivity index (χ1v) is 13.1. The Morgan fingerprint density at radius 1 is 1.15 bits per heavy atom. The Kier molecular flexibility index (Phi) is 6.22. The lowest BCUT2D eigenvalue weighted by Gasteiger charge is -2.42. The number of nitrogens with one attached hydrogen (secondary N) is 1. The van der Waals surface area contributed by atoms with Crippen LogP contribution in [0.15, 0.2) is 35.2 Å². The lowest BCUT2D eigenvalue weighted by atomic mass is 9.77. The molecule has 1 atom stereocenters. The number of nitrogens with zero attached hydrogens (tertiary/aromatic N) is 3. The minimum Gasteiger partial charge on any atom is -0.394 e. The lowest BCUT2D eigenvalue weighted by molar-refractivity contribution is 0.143. The van der Waals surface area contributed by atoms with Crippen LogP contribution in [-0.2, 0) is 17.2 Å². The van der Waals surface area contributed by atoms with E-state index in [9.17, 15) is 9.32 Å². The fourth-order valence-corrected chi connectivity index (χ4v) is 6.21. The van der Waals surface area contributed by atoms with Gasteiger partial charge < -0.3 is 15.3 Å². The summed E-state index contributed by atoms with van der Waals surface area (Å²) in [7, 11) is -1.10. The van der Waals surface area contributed by atoms with E-state index in [0.717, 1.165) is 74.2 Å². The van der Waals surface area contributed by atoms with Crippen molar-refractivity contribution in [3.05, 3.63) is 47.2 Å². The summed E-state index contributed by atoms with van der Waals surface area (Å²) >= 11 is 0. The summed E-state index contributed by atoms with van der Waals surface area (Å²) in [6.45, 7) is 1.71. The molecule has 172 valence electrons. The molecule has 3 aliphatic rings. The van der Waals surface area contributed by atoms with Crippen LogP contribution in [0.2, 0.25) is 0 Å². The number of aryl methyl sites for hydroxylation is 1. The normalized spacial score (nSPS) is 21.8. The van der Waals surface area contributed by atoms with Gasteiger partial charge in [-0.2, -0.15) is 4.98 Å². The molecule has 1 saturated carbocycles. The molecule has 1 unspecified atom stereocenters. The Morgan fingerprint density at radius 2 is 1.97 bits per heavy atom. The second-order valence-electron chi connectivity index (χ2n) is 9.20. The van der Waals surface area contributed by atoms with E-state index in [1.165, 1.54) is 11.1 Å². The second-order valence-corrected chi connectivity index (χ2v) is 10.7. The van der Waals surface area contributed by atoms with Gasteiger partial charge in [-0.3, -0.25) is 4.21 Å². The smallest absolute Gasteiger partial charge is 0.227 e. The molecule has 0 saturated heterocycles. The molecule has 0 radical (unpaired) electrons. The van der Waals surface area contributed by atoms with E-state index in [1.54, 1.807) is 0 Å². The monoisotopic (exact) mass is 462 g/mol. The van der Waals surface area contributed by atoms with E-state index in [1.807, 2.05) is 12.1 Å². The molecule has 0 amide bonds. The van der Waals surface area contributed by atoms with Crippen LogP contribution in [0, 0.1) is 12.3 Å². The third-order valence-corrected chi connectivity index (χ3v) is 8.58. The largest absolute Gasteiger partial charge is 0.394 e. The summed E-state index contributed by atoms with van der Waals surface area (Å²) in [5.41, 5.74) is 3.95. The van der Waals surface area contributed by atoms with Gasteiger partial charge in [-0.05, 0) is 68.2 Å². The Bertz CT molecular complexity index is 1130. The molecule has 1 aromatic carbocycles. The van der Waals surface area contributed by atoms with Crippen LogP contribution in [0.25, 0.3) is 5.57 Å². The molecule has 7 heteroatoms. The van der Waals surface area contributed by atoms with E-state index in [0.29, 0.717) is 17.5 Å². The summed E-state index contributed by atoms with van der Waals surface area (Å²) in [5.74, 6) is 4.67. The highest BCUT2D eigenvalue weighted by Gasteiger charge is 2.38. The zero-order valence-electron chi connectivity index (χ0n) is 18.8. The van der Waals surface area contributed by atoms with Gasteiger partial charge in [0.05, 0.1) is 28.6 Å². The number of aliphatic hydroxyl groups is 1. The van der Waals surface area contributed by atoms with Crippen molar-refractivity contribution in [2.24, 2.45) is 0 Å². The number of terminal acetylenes is 1. The van der Waals surface area contributed by atoms with Gasteiger partial charge in [-0.15, -0.1) is 6.42 Å². The summed E-state index contributed by atoms with van der Waals surface area (Å²) in [4.78, 5) is 12.7. The maximum absolute atomic E-state index is 12.9. The Balaban J connectivity index is 1.40. The number of hydrogen-bond donors (Lipinski definition) is 2. The van der Waals surface area contributed by atoms with Crippen LogP contribution in [0.5, 0.6) is 0 Å². The van der Waals surface area contributed by atoms with Gasteiger partial charge in [0.25, 0.3) is 0 Å². The Hall–Kier alpha value is -2.69. The van der Waals surface area contributed by atoms with E-state index in [-0.39, 0.29) is 12.1 Å². The topological polar surface area (TPSA) is 78.3 Å². The van der Waals surface area contributed by atoms with Gasteiger partial charge in [-0.1, -0.05) is 24.1 Å². The SMILES string of the molecule is C#Cc1ccc(C2=CCCN(c3nc4c(c(NC5(CO)CCC5)n3)S(=O)CCC4)CC2)cc1. The molecular formula is C26H30N4O2S. The van der Waals surface area contributed by atoms with Gasteiger partial charge in [0.2, 0.25) is 5.95 Å². The van der Waals surface area contributed by atoms with Crippen molar-refractivity contribution in [3.63, 3.8) is 0 Å². The number of anilines is 2. The van der Waals surface area contributed by atoms with Crippen molar-refractivity contribution in [2.45, 2.75) is 55.4 Å². The molecule has 5 rings (SSSR count). The number of aromatic nitrogens is 2. The molecule has 0 bridgehead atoms. The first kappa shape index (κ1) is 22.1. The van der Waals surface area contributed by atoms with E-state index < -0.39 is 10.8 Å². The predicted octanol–water partition coefficient (Wildman–Crippen LogP) is 3.52. The van der Waals surface area contributed by atoms with E-state index in [4.69, 9.17) is 16.4 Å². The zero-order chi connectivity index (χ0) is 22.8. The van der Waals surface area contributed by atoms with Crippen LogP contribution in [-0.4, -0.2) is 50.3 Å². The van der Waals surface area contributed by atoms with E-state index >= 15 is 0 Å². The van der Waals surface area contributed by atoms with Crippen LogP contribution in [0.1, 0.15) is 55.3 Å². The summed E-state index contributed by atoms with van der Waals surface area (Å²) < 4.78 is 12.9. The molecule has 1 aliphatic carbocycles. The molecule has 1 aromatic heterocycles. The van der Waals surface area contributed by atoms with Crippen LogP contribution < -0.4 is 10.2 Å². The van der Waals surface area contributed by atoms with Crippen molar-refractivity contribution >= 4 is 28.1 Å². The van der Waals surface area contributed by atoms with Crippen molar-refractivity contribution < 1.29 is 9.32 Å². The number of fused-ring (bicyclic) bond motifs is 1. The maximum Gasteiger partial charge on any atom is 0.227 e. The fraction of sp³-hybridized carbons (Fsp3) is 0.462. The van der Waals surface area contributed by atoms with Crippen molar-refractivity contribution in [2.75, 3.05) is 35.7 Å². The summed E-state index contributed by atoms with van der Waals surface area (Å²) in [6, 6.07) is 8.16. The van der Waals surface area contributed by atoms with Crippen molar-refractivity contribution in [3.8, 4) is 12.3 Å². The second kappa shape index (κ2) is 9.28. The van der Waals surface area contributed by atoms with Gasteiger partial charge in [-0.25, -0.2) is 4.98 Å². The van der Waals surface area contributed by atoms with Gasteiger partial charge >= 0.3 is 0 Å². The van der Waals surface area contributed by atoms with Crippen LogP contribution in [0.4, 0.5) is 11.8 Å². The quantitative estimate of drug-likeness (QED) is 0.662. The zero-order valence-corrected chi connectivity index (χ0v) is 19.7. The molecule has 0 spiro atoms. The number of aliphatic hydroxyl groups excluding tert-OH is 1. The molecule has 1 fully saturated rings. The maximum atomic E-state index is 12.9. The highest BCUT2D eigenvalue weighted by Crippen LogP contribution is 2.38. The average molecular weight is 463 g/mol. The third-order valence-electron chi connectivity index (χ3n) is 7.04. The van der Waals surface area contributed by atoms with Gasteiger partial charge in [0.1, 0.15) is 10.7 Å². The number of rotatable bonds is 5. The highest BCUT2D eigenvalue weighted by molar-refractivity contribution is 7.85.